The quantitative estimate of drug-likeness (QED) is 0.545. The summed E-state index contributed by atoms with van der Waals surface area (Å²) in [7, 11) is 4.94. The fraction of sp³-hybridized carbons (Fsp3) is 0.478. The van der Waals surface area contributed by atoms with Crippen molar-refractivity contribution in [2.75, 3.05) is 38.8 Å². The number of benzene rings is 1. The highest BCUT2D eigenvalue weighted by atomic mass is 19.3. The van der Waals surface area contributed by atoms with Crippen LogP contribution < -0.4 is 15.8 Å². The Balaban J connectivity index is 1.38. The fourth-order valence-electron chi connectivity index (χ4n) is 4.94. The number of aromatic nitrogens is 4. The third-order valence-electron chi connectivity index (χ3n) is 6.89. The first kappa shape index (κ1) is 22.3. The van der Waals surface area contributed by atoms with Gasteiger partial charge in [0.1, 0.15) is 16.8 Å². The molecule has 3 N–H and O–H groups in total. The molecule has 9 nitrogen and oxygen atoms in total. The van der Waals surface area contributed by atoms with E-state index in [0.717, 1.165) is 5.56 Å². The Labute approximate surface area is 195 Å². The Hall–Kier alpha value is -3.50. The zero-order valence-corrected chi connectivity index (χ0v) is 19.3. The number of hydrogen-bond donors (Lipinski definition) is 2. The van der Waals surface area contributed by atoms with Crippen LogP contribution in [0.1, 0.15) is 35.2 Å². The lowest BCUT2D eigenvalue weighted by Crippen LogP contribution is -2.34. The summed E-state index contributed by atoms with van der Waals surface area (Å²) in [6, 6.07) is 5.29. The smallest absolute Gasteiger partial charge is 0.254 e. The number of nitrogens with two attached hydrogens (primary N) is 1. The minimum atomic E-state index is -2.50. The zero-order valence-electron chi connectivity index (χ0n) is 19.3. The highest BCUT2D eigenvalue weighted by Gasteiger charge is 2.75. The van der Waals surface area contributed by atoms with E-state index in [4.69, 9.17) is 10.5 Å². The second-order valence-corrected chi connectivity index (χ2v) is 9.51. The Morgan fingerprint density at radius 2 is 2.06 bits per heavy atom. The highest BCUT2D eigenvalue weighted by Crippen LogP contribution is 2.72. The van der Waals surface area contributed by atoms with E-state index in [0.29, 0.717) is 54.1 Å². The van der Waals surface area contributed by atoms with E-state index >= 15 is 0 Å². The number of nitrogen functional groups attached to an aromatic ring is 1. The van der Waals surface area contributed by atoms with Crippen LogP contribution >= 0.6 is 0 Å². The van der Waals surface area contributed by atoms with Gasteiger partial charge < -0.3 is 20.7 Å². The van der Waals surface area contributed by atoms with E-state index in [1.54, 1.807) is 44.2 Å². The molecule has 2 aliphatic carbocycles. The lowest BCUT2D eigenvalue weighted by molar-refractivity contribution is 0.00528. The van der Waals surface area contributed by atoms with Crippen molar-refractivity contribution in [1.29, 1.82) is 0 Å². The van der Waals surface area contributed by atoms with E-state index < -0.39 is 11.3 Å². The molecule has 2 heterocycles. The molecule has 3 aromatic rings. The van der Waals surface area contributed by atoms with Crippen molar-refractivity contribution in [3.8, 4) is 5.75 Å². The molecular formula is C23H27F2N7O2. The molecule has 180 valence electrons. The van der Waals surface area contributed by atoms with Crippen LogP contribution in [0.25, 0.3) is 11.0 Å². The second kappa shape index (κ2) is 7.78. The molecule has 0 aliphatic heterocycles. The maximum atomic E-state index is 13.5. The average Bonchev–Trinajstić information content (AvgIpc) is 3.13. The number of alkyl halides is 2. The molecule has 2 saturated carbocycles. The van der Waals surface area contributed by atoms with Gasteiger partial charge in [-0.25, -0.2) is 13.8 Å². The number of amides is 1. The zero-order chi connectivity index (χ0) is 24.3. The number of rotatable bonds is 7. The van der Waals surface area contributed by atoms with E-state index in [1.165, 1.54) is 4.90 Å². The topological polar surface area (TPSA) is 111 Å². The van der Waals surface area contributed by atoms with Crippen LogP contribution in [0.4, 0.5) is 20.5 Å². The third-order valence-corrected chi connectivity index (χ3v) is 6.89. The predicted molar refractivity (Wildman–Crippen MR) is 123 cm³/mol. The SMILES string of the molecule is COc1cc(C(=O)N(C)C)ccc1Cn1ncc2nc(N)nc(NCC3CC4(C3)CC4(F)F)c21. The highest BCUT2D eigenvalue weighted by molar-refractivity contribution is 5.94. The summed E-state index contributed by atoms with van der Waals surface area (Å²) in [5, 5.41) is 7.74. The number of methoxy groups -OCH3 is 1. The lowest BCUT2D eigenvalue weighted by Gasteiger charge is -2.36. The number of carbonyl (C=O) groups is 1. The first-order valence-corrected chi connectivity index (χ1v) is 11.1. The van der Waals surface area contributed by atoms with Gasteiger partial charge >= 0.3 is 0 Å². The molecule has 0 saturated heterocycles. The summed E-state index contributed by atoms with van der Waals surface area (Å²) in [6.07, 6.45) is 2.66. The van der Waals surface area contributed by atoms with E-state index in [9.17, 15) is 13.6 Å². The monoisotopic (exact) mass is 471 g/mol. The number of halogens is 2. The van der Waals surface area contributed by atoms with Gasteiger partial charge in [0, 0.05) is 43.6 Å². The molecule has 2 aliphatic rings. The molecule has 0 radical (unpaired) electrons. The van der Waals surface area contributed by atoms with Gasteiger partial charge in [0.25, 0.3) is 11.8 Å². The van der Waals surface area contributed by atoms with Crippen molar-refractivity contribution in [3.05, 3.63) is 35.5 Å². The van der Waals surface area contributed by atoms with Gasteiger partial charge in [-0.05, 0) is 30.9 Å². The van der Waals surface area contributed by atoms with Crippen LogP contribution in [0.2, 0.25) is 0 Å². The molecule has 11 heteroatoms. The van der Waals surface area contributed by atoms with E-state index in [-0.39, 0.29) is 24.2 Å². The van der Waals surface area contributed by atoms with Crippen molar-refractivity contribution in [2.24, 2.45) is 11.3 Å². The van der Waals surface area contributed by atoms with Crippen LogP contribution in [0, 0.1) is 11.3 Å². The number of nitrogens with one attached hydrogen (secondary N) is 1. The number of nitrogens with zero attached hydrogens (tertiary/aromatic N) is 5. The molecule has 0 atom stereocenters. The van der Waals surface area contributed by atoms with Crippen molar-refractivity contribution in [2.45, 2.75) is 31.7 Å². The van der Waals surface area contributed by atoms with Crippen LogP contribution in [-0.2, 0) is 6.54 Å². The molecule has 1 spiro atoms. The van der Waals surface area contributed by atoms with Gasteiger partial charge in [0.15, 0.2) is 5.82 Å². The number of carbonyl (C=O) groups excluding carboxylic acids is 1. The molecule has 0 unspecified atom stereocenters. The van der Waals surface area contributed by atoms with Crippen molar-refractivity contribution in [1.82, 2.24) is 24.6 Å². The molecule has 0 bridgehead atoms. The third kappa shape index (κ3) is 3.68. The van der Waals surface area contributed by atoms with Gasteiger partial charge in [-0.3, -0.25) is 9.48 Å². The van der Waals surface area contributed by atoms with Crippen LogP contribution in [0.15, 0.2) is 24.4 Å². The Morgan fingerprint density at radius 3 is 2.71 bits per heavy atom. The summed E-state index contributed by atoms with van der Waals surface area (Å²) < 4.78 is 34.3. The lowest BCUT2D eigenvalue weighted by atomic mass is 9.71. The van der Waals surface area contributed by atoms with Crippen molar-refractivity contribution in [3.63, 3.8) is 0 Å². The normalized spacial score (nSPS) is 22.4. The Bertz CT molecular complexity index is 1270. The average molecular weight is 472 g/mol. The summed E-state index contributed by atoms with van der Waals surface area (Å²) in [5.74, 6) is -1.27. The number of ether oxygens (including phenoxy) is 1. The second-order valence-electron chi connectivity index (χ2n) is 9.51. The Kier molecular flexibility index (Phi) is 5.10. The van der Waals surface area contributed by atoms with Crippen LogP contribution in [0.5, 0.6) is 5.75 Å². The maximum Gasteiger partial charge on any atom is 0.254 e. The maximum absolute atomic E-state index is 13.5. The summed E-state index contributed by atoms with van der Waals surface area (Å²) in [5.41, 5.74) is 7.71. The van der Waals surface area contributed by atoms with Gasteiger partial charge in [0.2, 0.25) is 5.95 Å². The van der Waals surface area contributed by atoms with E-state index in [1.807, 2.05) is 6.07 Å². The molecule has 1 amide bonds. The predicted octanol–water partition coefficient (Wildman–Crippen LogP) is 3.01. The molecular weight excluding hydrogens is 444 g/mol. The van der Waals surface area contributed by atoms with Crippen LogP contribution in [0.3, 0.4) is 0 Å². The molecule has 2 aromatic heterocycles. The van der Waals surface area contributed by atoms with Gasteiger partial charge in [-0.1, -0.05) is 6.07 Å². The summed E-state index contributed by atoms with van der Waals surface area (Å²) >= 11 is 0. The number of fused-ring (bicyclic) bond motifs is 1. The summed E-state index contributed by atoms with van der Waals surface area (Å²) in [6.45, 7) is 0.878. The van der Waals surface area contributed by atoms with Gasteiger partial charge in [0.05, 0.1) is 19.9 Å². The first-order chi connectivity index (χ1) is 16.1. The van der Waals surface area contributed by atoms with E-state index in [2.05, 4.69) is 20.4 Å². The minimum Gasteiger partial charge on any atom is -0.496 e. The standard InChI is InChI=1S/C23H27F2N7O2/c1-31(2)20(33)14-4-5-15(17(6-14)34-3)11-32-18-16(10-28-32)29-21(26)30-19(18)27-9-13-7-22(8-13)12-23(22,24)25/h4-6,10,13H,7-9,11-12H2,1-3H3,(H3,26,27,29,30). The van der Waals surface area contributed by atoms with Crippen molar-refractivity contribution >= 4 is 28.7 Å². The number of hydrogen-bond acceptors (Lipinski definition) is 7. The molecule has 34 heavy (non-hydrogen) atoms. The molecule has 5 rings (SSSR count). The molecule has 2 fully saturated rings. The molecule has 1 aromatic carbocycles. The van der Waals surface area contributed by atoms with Gasteiger partial charge in [-0.2, -0.15) is 10.1 Å². The van der Waals surface area contributed by atoms with Crippen molar-refractivity contribution < 1.29 is 18.3 Å². The largest absolute Gasteiger partial charge is 0.496 e. The van der Waals surface area contributed by atoms with Gasteiger partial charge in [-0.15, -0.1) is 0 Å². The fourth-order valence-corrected chi connectivity index (χ4v) is 4.94. The Morgan fingerprint density at radius 1 is 1.32 bits per heavy atom. The minimum absolute atomic E-state index is 0.00867. The first-order valence-electron chi connectivity index (χ1n) is 11.1. The summed E-state index contributed by atoms with van der Waals surface area (Å²) in [4.78, 5) is 22.4. The number of anilines is 2. The van der Waals surface area contributed by atoms with Crippen LogP contribution in [-0.4, -0.2) is 64.2 Å².